The van der Waals surface area contributed by atoms with Gasteiger partial charge in [-0.2, -0.15) is 0 Å². The summed E-state index contributed by atoms with van der Waals surface area (Å²) < 4.78 is 5.99. The molecule has 2 aromatic rings. The van der Waals surface area contributed by atoms with Crippen molar-refractivity contribution in [2.45, 2.75) is 19.3 Å². The van der Waals surface area contributed by atoms with Gasteiger partial charge in [-0.25, -0.2) is 0 Å². The normalized spacial score (nSPS) is 12.4. The molecular weight excluding hydrogens is 236 g/mol. The molecule has 0 amide bonds. The van der Waals surface area contributed by atoms with E-state index in [0.717, 1.165) is 29.2 Å². The maximum atomic E-state index is 5.99. The second-order valence-corrected chi connectivity index (χ2v) is 5.09. The van der Waals surface area contributed by atoms with Crippen molar-refractivity contribution in [2.24, 2.45) is 5.73 Å². The van der Waals surface area contributed by atoms with Crippen molar-refractivity contribution in [1.82, 2.24) is 0 Å². The number of nitrogens with two attached hydrogens (primary N) is 1. The number of hydrogen-bond acceptors (Lipinski definition) is 3. The van der Waals surface area contributed by atoms with Crippen molar-refractivity contribution in [3.8, 4) is 11.3 Å². The molecule has 1 heterocycles. The highest BCUT2D eigenvalue weighted by Crippen LogP contribution is 2.33. The topological polar surface area (TPSA) is 42.4 Å². The molecule has 1 atom stereocenters. The quantitative estimate of drug-likeness (QED) is 0.893. The molecule has 3 heteroatoms. The first kappa shape index (κ1) is 13.7. The second-order valence-electron chi connectivity index (χ2n) is 5.09. The van der Waals surface area contributed by atoms with Gasteiger partial charge in [-0.05, 0) is 37.2 Å². The Kier molecular flexibility index (Phi) is 4.27. The Labute approximate surface area is 115 Å². The fourth-order valence-corrected chi connectivity index (χ4v) is 2.23. The van der Waals surface area contributed by atoms with Crippen LogP contribution in [0.2, 0.25) is 0 Å². The molecule has 19 heavy (non-hydrogen) atoms. The Morgan fingerprint density at radius 1 is 1.16 bits per heavy atom. The average Bonchev–Trinajstić information content (AvgIpc) is 2.88. The molecule has 0 saturated carbocycles. The van der Waals surface area contributed by atoms with Gasteiger partial charge in [-0.15, -0.1) is 0 Å². The number of benzene rings is 1. The van der Waals surface area contributed by atoms with Crippen LogP contribution >= 0.6 is 0 Å². The molecule has 0 bridgehead atoms. The van der Waals surface area contributed by atoms with Crippen molar-refractivity contribution in [3.05, 3.63) is 42.2 Å². The van der Waals surface area contributed by atoms with Crippen LogP contribution in [-0.4, -0.2) is 20.6 Å². The summed E-state index contributed by atoms with van der Waals surface area (Å²) >= 11 is 0. The van der Waals surface area contributed by atoms with Gasteiger partial charge in [0.15, 0.2) is 0 Å². The first-order valence-electron chi connectivity index (χ1n) is 6.70. The van der Waals surface area contributed by atoms with Gasteiger partial charge < -0.3 is 15.1 Å². The zero-order chi connectivity index (χ0) is 13.8. The maximum absolute atomic E-state index is 5.99. The SMILES string of the molecule is CC(CCN)c1ccc(-c2ccccc2N(C)C)o1. The summed E-state index contributed by atoms with van der Waals surface area (Å²) in [6.45, 7) is 2.83. The third-order valence-electron chi connectivity index (χ3n) is 3.36. The van der Waals surface area contributed by atoms with E-state index in [-0.39, 0.29) is 0 Å². The summed E-state index contributed by atoms with van der Waals surface area (Å²) in [5.41, 5.74) is 7.89. The zero-order valence-electron chi connectivity index (χ0n) is 11.9. The van der Waals surface area contributed by atoms with E-state index in [1.54, 1.807) is 0 Å². The van der Waals surface area contributed by atoms with Crippen molar-refractivity contribution in [1.29, 1.82) is 0 Å². The Balaban J connectivity index is 2.33. The summed E-state index contributed by atoms with van der Waals surface area (Å²) in [6.07, 6.45) is 0.947. The number of rotatable bonds is 5. The summed E-state index contributed by atoms with van der Waals surface area (Å²) in [4.78, 5) is 2.10. The highest BCUT2D eigenvalue weighted by Gasteiger charge is 2.13. The van der Waals surface area contributed by atoms with Crippen molar-refractivity contribution >= 4 is 5.69 Å². The molecule has 0 aliphatic carbocycles. The smallest absolute Gasteiger partial charge is 0.136 e. The van der Waals surface area contributed by atoms with E-state index < -0.39 is 0 Å². The average molecular weight is 258 g/mol. The number of furan rings is 1. The Morgan fingerprint density at radius 3 is 2.58 bits per heavy atom. The van der Waals surface area contributed by atoms with E-state index >= 15 is 0 Å². The van der Waals surface area contributed by atoms with Gasteiger partial charge in [0.2, 0.25) is 0 Å². The number of hydrogen-bond donors (Lipinski definition) is 1. The Morgan fingerprint density at radius 2 is 1.89 bits per heavy atom. The molecule has 1 aromatic carbocycles. The van der Waals surface area contributed by atoms with E-state index in [4.69, 9.17) is 10.2 Å². The van der Waals surface area contributed by atoms with Crippen molar-refractivity contribution in [3.63, 3.8) is 0 Å². The molecule has 2 N–H and O–H groups in total. The minimum atomic E-state index is 0.366. The molecular formula is C16H22N2O. The standard InChI is InChI=1S/C16H22N2O/c1-12(10-11-17)15-8-9-16(19-15)13-6-4-5-7-14(13)18(2)3/h4-9,12H,10-11,17H2,1-3H3. The Hall–Kier alpha value is -1.74. The lowest BCUT2D eigenvalue weighted by Crippen LogP contribution is -2.09. The van der Waals surface area contributed by atoms with Gasteiger partial charge in [0.25, 0.3) is 0 Å². The molecule has 0 radical (unpaired) electrons. The summed E-state index contributed by atoms with van der Waals surface area (Å²) in [6, 6.07) is 12.4. The predicted octanol–water partition coefficient (Wildman–Crippen LogP) is 3.46. The lowest BCUT2D eigenvalue weighted by molar-refractivity contribution is 0.474. The van der Waals surface area contributed by atoms with Crippen LogP contribution in [0.4, 0.5) is 5.69 Å². The van der Waals surface area contributed by atoms with E-state index in [1.165, 1.54) is 0 Å². The van der Waals surface area contributed by atoms with Crippen LogP contribution in [0.3, 0.4) is 0 Å². The van der Waals surface area contributed by atoms with Gasteiger partial charge in [-0.1, -0.05) is 19.1 Å². The van der Waals surface area contributed by atoms with Crippen LogP contribution in [0.15, 0.2) is 40.8 Å². The van der Waals surface area contributed by atoms with E-state index in [1.807, 2.05) is 32.3 Å². The van der Waals surface area contributed by atoms with Crippen LogP contribution in [0, 0.1) is 0 Å². The molecule has 0 fully saturated rings. The van der Waals surface area contributed by atoms with Gasteiger partial charge >= 0.3 is 0 Å². The summed E-state index contributed by atoms with van der Waals surface area (Å²) in [7, 11) is 4.08. The lowest BCUT2D eigenvalue weighted by atomic mass is 10.1. The van der Waals surface area contributed by atoms with Crippen molar-refractivity contribution < 1.29 is 4.42 Å². The molecule has 1 unspecified atom stereocenters. The largest absolute Gasteiger partial charge is 0.461 e. The van der Waals surface area contributed by atoms with E-state index in [9.17, 15) is 0 Å². The first-order chi connectivity index (χ1) is 9.13. The van der Waals surface area contributed by atoms with E-state index in [0.29, 0.717) is 12.5 Å². The number of anilines is 1. The van der Waals surface area contributed by atoms with Gasteiger partial charge in [-0.3, -0.25) is 0 Å². The highest BCUT2D eigenvalue weighted by molar-refractivity contribution is 5.75. The summed E-state index contributed by atoms with van der Waals surface area (Å²) in [5.74, 6) is 2.29. The number of nitrogens with zero attached hydrogens (tertiary/aromatic N) is 1. The molecule has 3 nitrogen and oxygen atoms in total. The Bertz CT molecular complexity index is 531. The van der Waals surface area contributed by atoms with Crippen molar-refractivity contribution in [2.75, 3.05) is 25.5 Å². The predicted molar refractivity (Wildman–Crippen MR) is 80.6 cm³/mol. The molecule has 2 rings (SSSR count). The van der Waals surface area contributed by atoms with Crippen LogP contribution in [0.5, 0.6) is 0 Å². The molecule has 0 saturated heterocycles. The monoisotopic (exact) mass is 258 g/mol. The molecule has 0 spiro atoms. The van der Waals surface area contributed by atoms with Crippen LogP contribution in [0.25, 0.3) is 11.3 Å². The zero-order valence-corrected chi connectivity index (χ0v) is 11.9. The van der Waals surface area contributed by atoms with Crippen LogP contribution in [0.1, 0.15) is 25.0 Å². The maximum Gasteiger partial charge on any atom is 0.136 e. The van der Waals surface area contributed by atoms with E-state index in [2.05, 4.69) is 30.0 Å². The minimum absolute atomic E-state index is 0.366. The first-order valence-corrected chi connectivity index (χ1v) is 6.70. The van der Waals surface area contributed by atoms with Crippen LogP contribution in [-0.2, 0) is 0 Å². The fraction of sp³-hybridized carbons (Fsp3) is 0.375. The molecule has 0 aliphatic rings. The third-order valence-corrected chi connectivity index (χ3v) is 3.36. The molecule has 102 valence electrons. The second kappa shape index (κ2) is 5.93. The molecule has 0 aliphatic heterocycles. The third kappa shape index (κ3) is 2.99. The highest BCUT2D eigenvalue weighted by atomic mass is 16.3. The van der Waals surface area contributed by atoms with Gasteiger partial charge in [0.1, 0.15) is 11.5 Å². The number of para-hydroxylation sites is 1. The lowest BCUT2D eigenvalue weighted by Gasteiger charge is -2.16. The fourth-order valence-electron chi connectivity index (χ4n) is 2.23. The van der Waals surface area contributed by atoms with Gasteiger partial charge in [0.05, 0.1) is 0 Å². The minimum Gasteiger partial charge on any atom is -0.461 e. The molecule has 1 aromatic heterocycles. The van der Waals surface area contributed by atoms with Gasteiger partial charge in [0, 0.05) is 31.3 Å². The van der Waals surface area contributed by atoms with Crippen LogP contribution < -0.4 is 10.6 Å². The summed E-state index contributed by atoms with van der Waals surface area (Å²) in [5, 5.41) is 0.